The molecule has 1 aromatic carbocycles. The van der Waals surface area contributed by atoms with Crippen LogP contribution in [0.3, 0.4) is 0 Å². The quantitative estimate of drug-likeness (QED) is 0.455. The second-order valence-corrected chi connectivity index (χ2v) is 9.10. The van der Waals surface area contributed by atoms with E-state index >= 15 is 0 Å². The highest BCUT2D eigenvalue weighted by molar-refractivity contribution is 7.13. The first-order chi connectivity index (χ1) is 16.6. The van der Waals surface area contributed by atoms with Crippen molar-refractivity contribution in [1.82, 2.24) is 20.2 Å². The minimum atomic E-state index is -0.257. The molecule has 0 radical (unpaired) electrons. The van der Waals surface area contributed by atoms with Gasteiger partial charge in [0.15, 0.2) is 5.76 Å². The van der Waals surface area contributed by atoms with E-state index in [1.54, 1.807) is 23.5 Å². The number of aromatic nitrogens is 2. The van der Waals surface area contributed by atoms with Gasteiger partial charge in [-0.2, -0.15) is 0 Å². The molecule has 0 aliphatic carbocycles. The Kier molecular flexibility index (Phi) is 6.22. The highest BCUT2D eigenvalue weighted by atomic mass is 32.1. The zero-order valence-electron chi connectivity index (χ0n) is 18.8. The van der Waals surface area contributed by atoms with Crippen LogP contribution in [0.4, 0.5) is 0 Å². The highest BCUT2D eigenvalue weighted by Gasteiger charge is 2.25. The molecule has 1 aliphatic heterocycles. The maximum Gasteiger partial charge on any atom is 0.287 e. The number of rotatable bonds is 6. The van der Waals surface area contributed by atoms with E-state index in [9.17, 15) is 9.59 Å². The monoisotopic (exact) mass is 472 g/mol. The van der Waals surface area contributed by atoms with Gasteiger partial charge in [0, 0.05) is 42.5 Å². The summed E-state index contributed by atoms with van der Waals surface area (Å²) in [7, 11) is 0. The van der Waals surface area contributed by atoms with Gasteiger partial charge < -0.3 is 14.6 Å². The highest BCUT2D eigenvalue weighted by Crippen LogP contribution is 2.26. The summed E-state index contributed by atoms with van der Waals surface area (Å²) in [6, 6.07) is 13.3. The van der Waals surface area contributed by atoms with Crippen molar-refractivity contribution in [2.45, 2.75) is 32.9 Å². The molecule has 3 aromatic heterocycles. The van der Waals surface area contributed by atoms with Gasteiger partial charge in [0.2, 0.25) is 5.91 Å². The fraction of sp³-hybridized carbons (Fsp3) is 0.231. The number of fused-ring (bicyclic) bond motifs is 1. The van der Waals surface area contributed by atoms with E-state index in [2.05, 4.69) is 15.3 Å². The molecule has 0 saturated heterocycles. The van der Waals surface area contributed by atoms with E-state index in [1.807, 2.05) is 53.7 Å². The third-order valence-corrected chi connectivity index (χ3v) is 6.96. The summed E-state index contributed by atoms with van der Waals surface area (Å²) in [6.07, 6.45) is 4.33. The van der Waals surface area contributed by atoms with Gasteiger partial charge >= 0.3 is 0 Å². The molecule has 4 heterocycles. The van der Waals surface area contributed by atoms with Crippen LogP contribution in [0.2, 0.25) is 0 Å². The molecule has 1 N–H and O–H groups in total. The fourth-order valence-corrected chi connectivity index (χ4v) is 5.03. The number of pyridine rings is 1. The average molecular weight is 473 g/mol. The minimum absolute atomic E-state index is 0.0591. The number of amides is 2. The van der Waals surface area contributed by atoms with Crippen LogP contribution in [0.25, 0.3) is 10.6 Å². The number of carbonyl (C=O) groups is 2. The molecule has 8 heteroatoms. The van der Waals surface area contributed by atoms with Crippen molar-refractivity contribution in [2.75, 3.05) is 6.54 Å². The van der Waals surface area contributed by atoms with Gasteiger partial charge in [-0.05, 0) is 42.2 Å². The van der Waals surface area contributed by atoms with Gasteiger partial charge in [-0.1, -0.05) is 30.3 Å². The van der Waals surface area contributed by atoms with Crippen LogP contribution in [0, 0.1) is 6.92 Å². The second kappa shape index (κ2) is 9.61. The van der Waals surface area contributed by atoms with Crippen molar-refractivity contribution in [3.8, 4) is 10.6 Å². The summed E-state index contributed by atoms with van der Waals surface area (Å²) in [6.45, 7) is 3.45. The molecule has 5 rings (SSSR count). The number of furan rings is 1. The summed E-state index contributed by atoms with van der Waals surface area (Å²) in [5, 5.41) is 5.80. The molecule has 0 bridgehead atoms. The Morgan fingerprint density at radius 2 is 2.03 bits per heavy atom. The molecule has 7 nitrogen and oxygen atoms in total. The number of nitrogens with one attached hydrogen (secondary N) is 1. The van der Waals surface area contributed by atoms with E-state index in [-0.39, 0.29) is 24.0 Å². The lowest BCUT2D eigenvalue weighted by Gasteiger charge is -2.30. The normalized spacial score (nSPS) is 12.9. The molecule has 34 heavy (non-hydrogen) atoms. The number of carbonyl (C=O) groups excluding carboxylic acids is 2. The number of hydrogen-bond acceptors (Lipinski definition) is 6. The van der Waals surface area contributed by atoms with Crippen LogP contribution in [-0.2, 0) is 30.7 Å². The number of benzene rings is 1. The van der Waals surface area contributed by atoms with E-state index in [4.69, 9.17) is 4.42 Å². The van der Waals surface area contributed by atoms with Gasteiger partial charge in [-0.15, -0.1) is 11.3 Å². The first kappa shape index (κ1) is 22.0. The first-order valence-electron chi connectivity index (χ1n) is 11.1. The Hall–Kier alpha value is -3.78. The molecule has 4 aromatic rings. The molecule has 0 atom stereocenters. The van der Waals surface area contributed by atoms with E-state index in [0.717, 1.165) is 45.1 Å². The molecule has 0 unspecified atom stereocenters. The number of aryl methyl sites for hydroxylation is 1. The summed E-state index contributed by atoms with van der Waals surface area (Å²) < 4.78 is 5.17. The van der Waals surface area contributed by atoms with Gasteiger partial charge in [0.05, 0.1) is 18.4 Å². The standard InChI is InChI=1S/C26H24N4O3S/c1-17-22(14-28-25(32)23-8-5-11-33-23)21-9-10-30(15-19(21)13-27-17)24(31)12-20-16-34-26(29-20)18-6-3-2-4-7-18/h2-8,11,13,16H,9-10,12,14-15H2,1H3,(H,28,32). The van der Waals surface area contributed by atoms with Crippen molar-refractivity contribution < 1.29 is 14.0 Å². The smallest absolute Gasteiger partial charge is 0.287 e. The molecular weight excluding hydrogens is 448 g/mol. The molecule has 0 fully saturated rings. The molecule has 1 aliphatic rings. The van der Waals surface area contributed by atoms with Gasteiger partial charge in [-0.25, -0.2) is 4.98 Å². The van der Waals surface area contributed by atoms with Gasteiger partial charge in [-0.3, -0.25) is 14.6 Å². The first-order valence-corrected chi connectivity index (χ1v) is 12.0. The van der Waals surface area contributed by atoms with Crippen molar-refractivity contribution >= 4 is 23.2 Å². The van der Waals surface area contributed by atoms with Crippen molar-refractivity contribution in [2.24, 2.45) is 0 Å². The van der Waals surface area contributed by atoms with Crippen molar-refractivity contribution in [3.63, 3.8) is 0 Å². The zero-order valence-corrected chi connectivity index (χ0v) is 19.6. The second-order valence-electron chi connectivity index (χ2n) is 8.24. The summed E-state index contributed by atoms with van der Waals surface area (Å²) in [4.78, 5) is 36.4. The molecule has 0 saturated carbocycles. The average Bonchev–Trinajstić information content (AvgIpc) is 3.56. The van der Waals surface area contributed by atoms with Crippen LogP contribution < -0.4 is 5.32 Å². The molecule has 172 valence electrons. The lowest BCUT2D eigenvalue weighted by molar-refractivity contribution is -0.131. The van der Waals surface area contributed by atoms with Crippen LogP contribution in [0.5, 0.6) is 0 Å². The number of hydrogen-bond donors (Lipinski definition) is 1. The lowest BCUT2D eigenvalue weighted by atomic mass is 9.94. The lowest BCUT2D eigenvalue weighted by Crippen LogP contribution is -2.38. The predicted molar refractivity (Wildman–Crippen MR) is 129 cm³/mol. The topological polar surface area (TPSA) is 88.3 Å². The number of nitrogens with zero attached hydrogens (tertiary/aromatic N) is 3. The third kappa shape index (κ3) is 4.63. The fourth-order valence-electron chi connectivity index (χ4n) is 4.20. The summed E-state index contributed by atoms with van der Waals surface area (Å²) in [5.41, 5.74) is 5.94. The molecule has 0 spiro atoms. The van der Waals surface area contributed by atoms with Crippen molar-refractivity contribution in [3.05, 3.63) is 94.1 Å². The number of thiazole rings is 1. The minimum Gasteiger partial charge on any atom is -0.459 e. The van der Waals surface area contributed by atoms with E-state index in [1.165, 1.54) is 6.26 Å². The van der Waals surface area contributed by atoms with E-state index < -0.39 is 0 Å². The largest absolute Gasteiger partial charge is 0.459 e. The summed E-state index contributed by atoms with van der Waals surface area (Å²) in [5.74, 6) is 0.0844. The Balaban J connectivity index is 1.25. The van der Waals surface area contributed by atoms with Crippen LogP contribution in [0.1, 0.15) is 38.6 Å². The Morgan fingerprint density at radius 3 is 2.82 bits per heavy atom. The Bertz CT molecular complexity index is 1320. The third-order valence-electron chi connectivity index (χ3n) is 6.02. The van der Waals surface area contributed by atoms with Crippen LogP contribution >= 0.6 is 11.3 Å². The van der Waals surface area contributed by atoms with Crippen LogP contribution in [-0.4, -0.2) is 33.2 Å². The predicted octanol–water partition coefficient (Wildman–Crippen LogP) is 4.16. The molecular formula is C26H24N4O3S. The van der Waals surface area contributed by atoms with Crippen LogP contribution in [0.15, 0.2) is 64.7 Å². The maximum atomic E-state index is 13.0. The zero-order chi connectivity index (χ0) is 23.5. The maximum absolute atomic E-state index is 13.0. The van der Waals surface area contributed by atoms with Gasteiger partial charge in [0.25, 0.3) is 5.91 Å². The van der Waals surface area contributed by atoms with E-state index in [0.29, 0.717) is 19.6 Å². The summed E-state index contributed by atoms with van der Waals surface area (Å²) >= 11 is 1.56. The SMILES string of the molecule is Cc1ncc2c(c1CNC(=O)c1ccco1)CCN(C(=O)Cc1csc(-c3ccccc3)n1)C2. The Labute approximate surface area is 201 Å². The van der Waals surface area contributed by atoms with Crippen molar-refractivity contribution in [1.29, 1.82) is 0 Å². The molecule has 2 amide bonds. The van der Waals surface area contributed by atoms with Gasteiger partial charge in [0.1, 0.15) is 5.01 Å². The Morgan fingerprint density at radius 1 is 1.18 bits per heavy atom.